The molecule has 30 heavy (non-hydrogen) atoms. The Balaban J connectivity index is 1.61. The molecule has 0 atom stereocenters. The maximum absolute atomic E-state index is 12.4. The predicted molar refractivity (Wildman–Crippen MR) is 119 cm³/mol. The Kier molecular flexibility index (Phi) is 6.72. The van der Waals surface area contributed by atoms with E-state index >= 15 is 0 Å². The van der Waals surface area contributed by atoms with Crippen molar-refractivity contribution < 1.29 is 9.59 Å². The number of imide groups is 1. The van der Waals surface area contributed by atoms with Crippen LogP contribution < -0.4 is 5.32 Å². The summed E-state index contributed by atoms with van der Waals surface area (Å²) in [6, 6.07) is 17.1. The number of amides is 2. The summed E-state index contributed by atoms with van der Waals surface area (Å²) in [5.74, 6) is 0.0782. The molecule has 7 heteroatoms. The third kappa shape index (κ3) is 5.16. The third-order valence-electron chi connectivity index (χ3n) is 4.66. The van der Waals surface area contributed by atoms with Crippen molar-refractivity contribution in [2.45, 2.75) is 44.8 Å². The SMILES string of the molecule is CCn1c(SCC(=O)NC(=O)c2ccc(C(C)(C)C)cc2)nnc1-c1ccccc1. The standard InChI is InChI=1S/C23H26N4O2S/c1-5-27-20(16-9-7-6-8-10-16)25-26-22(27)30-15-19(28)24-21(29)17-11-13-18(14-12-17)23(2,3)4/h6-14H,5,15H2,1-4H3,(H,24,28,29). The number of benzene rings is 2. The quantitative estimate of drug-likeness (QED) is 0.599. The van der Waals surface area contributed by atoms with Gasteiger partial charge in [-0.2, -0.15) is 0 Å². The normalized spacial score (nSPS) is 11.3. The maximum Gasteiger partial charge on any atom is 0.257 e. The average molecular weight is 423 g/mol. The first-order valence-corrected chi connectivity index (χ1v) is 10.8. The van der Waals surface area contributed by atoms with Crippen LogP contribution in [-0.2, 0) is 16.8 Å². The molecule has 0 saturated carbocycles. The zero-order valence-electron chi connectivity index (χ0n) is 17.7. The van der Waals surface area contributed by atoms with Gasteiger partial charge in [0.15, 0.2) is 11.0 Å². The van der Waals surface area contributed by atoms with Crippen LogP contribution in [-0.4, -0.2) is 32.3 Å². The lowest BCUT2D eigenvalue weighted by atomic mass is 9.87. The largest absolute Gasteiger partial charge is 0.302 e. The molecular weight excluding hydrogens is 396 g/mol. The molecule has 0 aliphatic rings. The monoisotopic (exact) mass is 422 g/mol. The summed E-state index contributed by atoms with van der Waals surface area (Å²) in [5.41, 5.74) is 2.57. The van der Waals surface area contributed by atoms with Gasteiger partial charge in [-0.1, -0.05) is 75.0 Å². The van der Waals surface area contributed by atoms with Crippen molar-refractivity contribution in [3.63, 3.8) is 0 Å². The fraction of sp³-hybridized carbons (Fsp3) is 0.304. The highest BCUT2D eigenvalue weighted by molar-refractivity contribution is 7.99. The van der Waals surface area contributed by atoms with Gasteiger partial charge in [-0.25, -0.2) is 0 Å². The molecule has 3 rings (SSSR count). The second-order valence-electron chi connectivity index (χ2n) is 7.91. The summed E-state index contributed by atoms with van der Waals surface area (Å²) in [5, 5.41) is 11.6. The molecule has 0 unspecified atom stereocenters. The van der Waals surface area contributed by atoms with Crippen molar-refractivity contribution in [1.82, 2.24) is 20.1 Å². The van der Waals surface area contributed by atoms with Crippen LogP contribution in [0.2, 0.25) is 0 Å². The van der Waals surface area contributed by atoms with Crippen LogP contribution in [0.15, 0.2) is 59.8 Å². The van der Waals surface area contributed by atoms with Crippen molar-refractivity contribution in [3.8, 4) is 11.4 Å². The molecule has 0 aliphatic carbocycles. The van der Waals surface area contributed by atoms with Gasteiger partial charge in [-0.15, -0.1) is 10.2 Å². The van der Waals surface area contributed by atoms with E-state index in [1.165, 1.54) is 11.8 Å². The summed E-state index contributed by atoms with van der Waals surface area (Å²) >= 11 is 1.26. The lowest BCUT2D eigenvalue weighted by molar-refractivity contribution is -0.117. The molecule has 0 radical (unpaired) electrons. The second-order valence-corrected chi connectivity index (χ2v) is 8.85. The van der Waals surface area contributed by atoms with Gasteiger partial charge in [-0.3, -0.25) is 14.9 Å². The van der Waals surface area contributed by atoms with Gasteiger partial charge in [0.2, 0.25) is 5.91 Å². The Labute approximate surface area is 181 Å². The molecule has 2 aromatic carbocycles. The molecule has 1 heterocycles. The molecule has 1 N–H and O–H groups in total. The van der Waals surface area contributed by atoms with E-state index < -0.39 is 5.91 Å². The number of rotatable bonds is 6. The van der Waals surface area contributed by atoms with Crippen LogP contribution in [0.4, 0.5) is 0 Å². The zero-order valence-corrected chi connectivity index (χ0v) is 18.5. The van der Waals surface area contributed by atoms with Gasteiger partial charge in [0.25, 0.3) is 5.91 Å². The smallest absolute Gasteiger partial charge is 0.257 e. The van der Waals surface area contributed by atoms with Crippen LogP contribution in [0.3, 0.4) is 0 Å². The molecule has 0 spiro atoms. The predicted octanol–water partition coefficient (Wildman–Crippen LogP) is 4.31. The summed E-state index contributed by atoms with van der Waals surface area (Å²) in [6.07, 6.45) is 0. The van der Waals surface area contributed by atoms with Crippen molar-refractivity contribution in [3.05, 3.63) is 65.7 Å². The topological polar surface area (TPSA) is 76.9 Å². The molecule has 0 bridgehead atoms. The van der Waals surface area contributed by atoms with Crippen molar-refractivity contribution >= 4 is 23.6 Å². The van der Waals surface area contributed by atoms with Gasteiger partial charge in [0, 0.05) is 17.7 Å². The number of carbonyl (C=O) groups excluding carboxylic acids is 2. The Hall–Kier alpha value is -2.93. The van der Waals surface area contributed by atoms with E-state index in [1.807, 2.05) is 54.0 Å². The Morgan fingerprint density at radius 1 is 1.00 bits per heavy atom. The van der Waals surface area contributed by atoms with Gasteiger partial charge < -0.3 is 4.57 Å². The molecular formula is C23H26N4O2S. The molecule has 2 amide bonds. The molecule has 3 aromatic rings. The number of nitrogens with zero attached hydrogens (tertiary/aromatic N) is 3. The van der Waals surface area contributed by atoms with E-state index in [-0.39, 0.29) is 17.1 Å². The lowest BCUT2D eigenvalue weighted by Crippen LogP contribution is -2.32. The van der Waals surface area contributed by atoms with Crippen LogP contribution in [0, 0.1) is 0 Å². The zero-order chi connectivity index (χ0) is 21.7. The highest BCUT2D eigenvalue weighted by Crippen LogP contribution is 2.24. The summed E-state index contributed by atoms with van der Waals surface area (Å²) in [6.45, 7) is 9.02. The van der Waals surface area contributed by atoms with Gasteiger partial charge in [0.05, 0.1) is 5.75 Å². The van der Waals surface area contributed by atoms with E-state index in [9.17, 15) is 9.59 Å². The highest BCUT2D eigenvalue weighted by atomic mass is 32.2. The van der Waals surface area contributed by atoms with E-state index in [0.717, 1.165) is 17.0 Å². The number of thioether (sulfide) groups is 1. The Morgan fingerprint density at radius 2 is 1.67 bits per heavy atom. The fourth-order valence-corrected chi connectivity index (χ4v) is 3.77. The summed E-state index contributed by atoms with van der Waals surface area (Å²) in [7, 11) is 0. The minimum absolute atomic E-state index is 0.00922. The Bertz CT molecular complexity index is 1020. The molecule has 156 valence electrons. The van der Waals surface area contributed by atoms with Gasteiger partial charge >= 0.3 is 0 Å². The van der Waals surface area contributed by atoms with Crippen LogP contribution in [0.5, 0.6) is 0 Å². The summed E-state index contributed by atoms with van der Waals surface area (Å²) < 4.78 is 1.96. The van der Waals surface area contributed by atoms with E-state index in [0.29, 0.717) is 17.3 Å². The van der Waals surface area contributed by atoms with Crippen LogP contribution >= 0.6 is 11.8 Å². The lowest BCUT2D eigenvalue weighted by Gasteiger charge is -2.18. The van der Waals surface area contributed by atoms with Crippen LogP contribution in [0.25, 0.3) is 11.4 Å². The number of hydrogen-bond acceptors (Lipinski definition) is 5. The first kappa shape index (κ1) is 21.8. The number of carbonyl (C=O) groups is 2. The number of aromatic nitrogens is 3. The number of hydrogen-bond donors (Lipinski definition) is 1. The van der Waals surface area contributed by atoms with E-state index in [1.54, 1.807) is 12.1 Å². The van der Waals surface area contributed by atoms with Gasteiger partial charge in [-0.05, 0) is 30.0 Å². The van der Waals surface area contributed by atoms with Gasteiger partial charge in [0.1, 0.15) is 0 Å². The number of nitrogens with one attached hydrogen (secondary N) is 1. The first-order chi connectivity index (χ1) is 14.3. The molecule has 6 nitrogen and oxygen atoms in total. The van der Waals surface area contributed by atoms with Crippen LogP contribution in [0.1, 0.15) is 43.6 Å². The molecule has 1 aromatic heterocycles. The molecule has 0 saturated heterocycles. The molecule has 0 aliphatic heterocycles. The Morgan fingerprint density at radius 3 is 2.27 bits per heavy atom. The maximum atomic E-state index is 12.4. The molecule has 0 fully saturated rings. The van der Waals surface area contributed by atoms with E-state index in [4.69, 9.17) is 0 Å². The first-order valence-electron chi connectivity index (χ1n) is 9.85. The van der Waals surface area contributed by atoms with Crippen molar-refractivity contribution in [1.29, 1.82) is 0 Å². The summed E-state index contributed by atoms with van der Waals surface area (Å²) in [4.78, 5) is 24.7. The second kappa shape index (κ2) is 9.26. The minimum Gasteiger partial charge on any atom is -0.302 e. The van der Waals surface area contributed by atoms with Crippen molar-refractivity contribution in [2.75, 3.05) is 5.75 Å². The minimum atomic E-state index is -0.400. The van der Waals surface area contributed by atoms with Crippen molar-refractivity contribution in [2.24, 2.45) is 0 Å². The fourth-order valence-electron chi connectivity index (χ4n) is 2.97. The third-order valence-corrected chi connectivity index (χ3v) is 5.63. The average Bonchev–Trinajstić information content (AvgIpc) is 3.15. The van der Waals surface area contributed by atoms with E-state index in [2.05, 4.69) is 36.3 Å². The highest BCUT2D eigenvalue weighted by Gasteiger charge is 2.17.